The van der Waals surface area contributed by atoms with E-state index in [2.05, 4.69) is 20.4 Å². The van der Waals surface area contributed by atoms with Gasteiger partial charge in [0, 0.05) is 6.20 Å². The molecule has 8 nitrogen and oxygen atoms in total. The van der Waals surface area contributed by atoms with E-state index in [1.807, 2.05) is 0 Å². The zero-order valence-corrected chi connectivity index (χ0v) is 13.4. The molecular weight excluding hydrogens is 325 g/mol. The fourth-order valence-electron chi connectivity index (χ4n) is 2.11. The first-order valence-electron chi connectivity index (χ1n) is 7.23. The van der Waals surface area contributed by atoms with Gasteiger partial charge in [0.05, 0.1) is 17.1 Å². The zero-order chi connectivity index (χ0) is 18.4. The quantitative estimate of drug-likeness (QED) is 0.261. The van der Waals surface area contributed by atoms with Crippen LogP contribution in [0.5, 0.6) is 0 Å². The predicted molar refractivity (Wildman–Crippen MR) is 93.1 cm³/mol. The van der Waals surface area contributed by atoms with Crippen LogP contribution in [0.25, 0.3) is 0 Å². The first-order valence-corrected chi connectivity index (χ1v) is 7.23. The molecule has 2 aromatic rings. The fraction of sp³-hybridized carbons (Fsp3) is 0.125. The summed E-state index contributed by atoms with van der Waals surface area (Å²) in [4.78, 5) is 6.50. The Morgan fingerprint density at radius 1 is 1.36 bits per heavy atom. The van der Waals surface area contributed by atoms with Crippen molar-refractivity contribution in [1.82, 2.24) is 4.98 Å². The molecule has 0 bridgehead atoms. The van der Waals surface area contributed by atoms with Crippen LogP contribution in [0.15, 0.2) is 58.4 Å². The topological polar surface area (TPSA) is 146 Å². The van der Waals surface area contributed by atoms with Gasteiger partial charge in [-0.2, -0.15) is 5.11 Å². The van der Waals surface area contributed by atoms with E-state index in [1.165, 1.54) is 25.3 Å². The van der Waals surface area contributed by atoms with Crippen LogP contribution >= 0.6 is 0 Å². The Bertz CT molecular complexity index is 839. The Balaban J connectivity index is 2.30. The van der Waals surface area contributed by atoms with E-state index in [9.17, 15) is 9.50 Å². The maximum Gasteiger partial charge on any atom is 0.148 e. The van der Waals surface area contributed by atoms with E-state index in [0.29, 0.717) is 11.4 Å². The second kappa shape index (κ2) is 7.49. The third-order valence-corrected chi connectivity index (χ3v) is 3.55. The molecule has 0 saturated carbocycles. The molecule has 7 N–H and O–H groups in total. The third-order valence-electron chi connectivity index (χ3n) is 3.55. The van der Waals surface area contributed by atoms with E-state index in [4.69, 9.17) is 16.7 Å². The van der Waals surface area contributed by atoms with Gasteiger partial charge in [-0.25, -0.2) is 14.9 Å². The van der Waals surface area contributed by atoms with Gasteiger partial charge in [-0.05, 0) is 31.2 Å². The summed E-state index contributed by atoms with van der Waals surface area (Å²) in [7, 11) is 0. The summed E-state index contributed by atoms with van der Waals surface area (Å²) >= 11 is 0. The molecule has 1 aromatic heterocycles. The summed E-state index contributed by atoms with van der Waals surface area (Å²) < 4.78 is 13.6. The number of hydrogen-bond acceptors (Lipinski definition) is 5. The van der Waals surface area contributed by atoms with Gasteiger partial charge in [0.2, 0.25) is 0 Å². The standard InChI is InChI=1S/C16H18FN7O/c1-16(25,13-7-6-12(23-13)15(19)22-9-18)14(24-20)8-21-11-5-3-2-4-10(11)17/h2-9,20-21,23,25H,1H3,(H3,18,19,22)/b14-8-,24-20?. The van der Waals surface area contributed by atoms with Crippen LogP contribution in [0.2, 0.25) is 0 Å². The molecule has 0 amide bonds. The first kappa shape index (κ1) is 18.0. The molecule has 1 aromatic carbocycles. The van der Waals surface area contributed by atoms with Crippen molar-refractivity contribution in [3.05, 3.63) is 65.5 Å². The number of hydrogen-bond donors (Lipinski definition) is 6. The number of aliphatic imine (C=N–C) groups is 1. The molecule has 25 heavy (non-hydrogen) atoms. The van der Waals surface area contributed by atoms with Gasteiger partial charge in [0.25, 0.3) is 0 Å². The van der Waals surface area contributed by atoms with Crippen molar-refractivity contribution in [3.8, 4) is 0 Å². The van der Waals surface area contributed by atoms with Crippen LogP contribution in [0, 0.1) is 16.8 Å². The molecule has 0 aliphatic rings. The smallest absolute Gasteiger partial charge is 0.148 e. The van der Waals surface area contributed by atoms with E-state index in [-0.39, 0.29) is 17.2 Å². The van der Waals surface area contributed by atoms with Crippen molar-refractivity contribution < 1.29 is 9.50 Å². The SMILES string of the molecule is CC(O)(/C(=C/Nc1ccccc1F)N=N)c1ccc(/C(N)=N\C=N)[nH]1. The number of amidine groups is 1. The minimum atomic E-state index is -1.66. The summed E-state index contributed by atoms with van der Waals surface area (Å²) in [6.07, 6.45) is 2.05. The highest BCUT2D eigenvalue weighted by molar-refractivity contribution is 5.99. The summed E-state index contributed by atoms with van der Waals surface area (Å²) in [5.74, 6) is -0.393. The summed E-state index contributed by atoms with van der Waals surface area (Å²) in [6, 6.07) is 9.15. The monoisotopic (exact) mass is 343 g/mol. The summed E-state index contributed by atoms with van der Waals surface area (Å²) in [5, 5.41) is 23.7. The van der Waals surface area contributed by atoms with Crippen LogP contribution in [0.1, 0.15) is 18.3 Å². The van der Waals surface area contributed by atoms with Gasteiger partial charge in [0.1, 0.15) is 29.3 Å². The van der Waals surface area contributed by atoms with E-state index in [0.717, 1.165) is 6.34 Å². The number of anilines is 1. The van der Waals surface area contributed by atoms with Crippen molar-refractivity contribution in [2.45, 2.75) is 12.5 Å². The molecule has 0 radical (unpaired) electrons. The number of rotatable bonds is 7. The number of aromatic amines is 1. The number of halogens is 1. The first-order chi connectivity index (χ1) is 11.9. The molecule has 1 heterocycles. The maximum atomic E-state index is 13.6. The van der Waals surface area contributed by atoms with Crippen LogP contribution < -0.4 is 11.1 Å². The second-order valence-corrected chi connectivity index (χ2v) is 5.27. The van der Waals surface area contributed by atoms with Gasteiger partial charge in [-0.3, -0.25) is 5.41 Å². The number of para-hydroxylation sites is 1. The molecule has 2 rings (SSSR count). The Labute approximate surface area is 143 Å². The number of nitrogens with two attached hydrogens (primary N) is 1. The number of nitrogens with zero attached hydrogens (tertiary/aromatic N) is 2. The predicted octanol–water partition coefficient (Wildman–Crippen LogP) is 2.66. The van der Waals surface area contributed by atoms with Crippen molar-refractivity contribution in [3.63, 3.8) is 0 Å². The van der Waals surface area contributed by atoms with E-state index in [1.54, 1.807) is 24.3 Å². The second-order valence-electron chi connectivity index (χ2n) is 5.27. The Morgan fingerprint density at radius 2 is 2.08 bits per heavy atom. The minimum Gasteiger partial charge on any atom is -0.382 e. The van der Waals surface area contributed by atoms with Gasteiger partial charge in [0.15, 0.2) is 0 Å². The van der Waals surface area contributed by atoms with Crippen molar-refractivity contribution in [1.29, 1.82) is 10.9 Å². The molecule has 0 spiro atoms. The van der Waals surface area contributed by atoms with Crippen LogP contribution in [-0.2, 0) is 5.60 Å². The Morgan fingerprint density at radius 3 is 2.72 bits per heavy atom. The average molecular weight is 343 g/mol. The van der Waals surface area contributed by atoms with Crippen LogP contribution in [-0.4, -0.2) is 22.3 Å². The number of H-pyrrole nitrogens is 1. The van der Waals surface area contributed by atoms with Gasteiger partial charge < -0.3 is 21.1 Å². The third kappa shape index (κ3) is 3.96. The number of nitrogens with one attached hydrogen (secondary N) is 4. The van der Waals surface area contributed by atoms with Crippen LogP contribution in [0.3, 0.4) is 0 Å². The van der Waals surface area contributed by atoms with Gasteiger partial charge >= 0.3 is 0 Å². The Kier molecular flexibility index (Phi) is 5.40. The Hall–Kier alpha value is -3.33. The molecular formula is C16H18FN7O. The number of aliphatic hydroxyl groups is 1. The van der Waals surface area contributed by atoms with Crippen molar-refractivity contribution in [2.24, 2.45) is 15.8 Å². The zero-order valence-electron chi connectivity index (χ0n) is 13.4. The summed E-state index contributed by atoms with van der Waals surface area (Å²) in [6.45, 7) is 1.43. The van der Waals surface area contributed by atoms with Crippen LogP contribution in [0.4, 0.5) is 10.1 Å². The molecule has 130 valence electrons. The lowest BCUT2D eigenvalue weighted by molar-refractivity contribution is 0.0903. The maximum absolute atomic E-state index is 13.6. The fourth-order valence-corrected chi connectivity index (χ4v) is 2.11. The minimum absolute atomic E-state index is 0.0493. The average Bonchev–Trinajstić information content (AvgIpc) is 3.08. The highest BCUT2D eigenvalue weighted by Gasteiger charge is 2.30. The molecule has 1 unspecified atom stereocenters. The van der Waals surface area contributed by atoms with E-state index >= 15 is 0 Å². The lowest BCUT2D eigenvalue weighted by Crippen LogP contribution is -2.25. The largest absolute Gasteiger partial charge is 0.382 e. The van der Waals surface area contributed by atoms with Gasteiger partial charge in [-0.15, -0.1) is 0 Å². The normalized spacial score (nSPS) is 14.7. The number of aromatic nitrogens is 1. The molecule has 9 heteroatoms. The number of benzene rings is 1. The lowest BCUT2D eigenvalue weighted by atomic mass is 9.99. The van der Waals surface area contributed by atoms with Crippen molar-refractivity contribution in [2.75, 3.05) is 5.32 Å². The highest BCUT2D eigenvalue weighted by Crippen LogP contribution is 2.29. The van der Waals surface area contributed by atoms with Crippen molar-refractivity contribution >= 4 is 17.9 Å². The van der Waals surface area contributed by atoms with Gasteiger partial charge in [-0.1, -0.05) is 12.1 Å². The molecule has 0 fully saturated rings. The molecule has 0 saturated heterocycles. The lowest BCUT2D eigenvalue weighted by Gasteiger charge is -2.22. The molecule has 0 aliphatic carbocycles. The molecule has 0 aliphatic heterocycles. The summed E-state index contributed by atoms with van der Waals surface area (Å²) in [5.41, 5.74) is 12.2. The highest BCUT2D eigenvalue weighted by atomic mass is 19.1. The van der Waals surface area contributed by atoms with E-state index < -0.39 is 11.4 Å². The molecule has 1 atom stereocenters.